The third-order valence-electron chi connectivity index (χ3n) is 3.03. The van der Waals surface area contributed by atoms with Gasteiger partial charge in [0.15, 0.2) is 0 Å². The molecular formula is C16H13BrN4. The molecule has 3 aromatic rings. The van der Waals surface area contributed by atoms with Crippen molar-refractivity contribution in [2.75, 3.05) is 11.1 Å². The second-order valence-electron chi connectivity index (χ2n) is 4.46. The average molecular weight is 341 g/mol. The predicted molar refractivity (Wildman–Crippen MR) is 89.3 cm³/mol. The van der Waals surface area contributed by atoms with Crippen LogP contribution in [0.2, 0.25) is 0 Å². The Morgan fingerprint density at radius 2 is 1.67 bits per heavy atom. The molecule has 5 heteroatoms. The van der Waals surface area contributed by atoms with Gasteiger partial charge in [-0.1, -0.05) is 48.5 Å². The summed E-state index contributed by atoms with van der Waals surface area (Å²) in [4.78, 5) is 8.15. The van der Waals surface area contributed by atoms with E-state index in [4.69, 9.17) is 5.73 Å². The number of halogens is 1. The minimum Gasteiger partial charge on any atom is -0.368 e. The van der Waals surface area contributed by atoms with Crippen LogP contribution in [0.4, 0.5) is 17.5 Å². The number of nitrogens with two attached hydrogens (primary N) is 1. The van der Waals surface area contributed by atoms with E-state index >= 15 is 0 Å². The van der Waals surface area contributed by atoms with E-state index in [-0.39, 0.29) is 5.95 Å². The molecule has 1 aromatic heterocycles. The third kappa shape index (κ3) is 3.03. The van der Waals surface area contributed by atoms with Crippen molar-refractivity contribution in [3.8, 4) is 11.1 Å². The number of anilines is 3. The van der Waals surface area contributed by atoms with Gasteiger partial charge in [0.05, 0.1) is 4.47 Å². The summed E-state index contributed by atoms with van der Waals surface area (Å²) < 4.78 is 0.763. The maximum atomic E-state index is 5.65. The van der Waals surface area contributed by atoms with Crippen LogP contribution in [-0.2, 0) is 0 Å². The van der Waals surface area contributed by atoms with Crippen LogP contribution in [-0.4, -0.2) is 9.97 Å². The second-order valence-corrected chi connectivity index (χ2v) is 5.32. The summed E-state index contributed by atoms with van der Waals surface area (Å²) in [6.07, 6.45) is 1.63. The number of hydrogen-bond acceptors (Lipinski definition) is 4. The van der Waals surface area contributed by atoms with Gasteiger partial charge in [-0.2, -0.15) is 4.98 Å². The molecule has 4 nitrogen and oxygen atoms in total. The molecule has 0 saturated heterocycles. The molecule has 0 amide bonds. The lowest BCUT2D eigenvalue weighted by atomic mass is 10.0. The van der Waals surface area contributed by atoms with Crippen LogP contribution in [0.3, 0.4) is 0 Å². The Hall–Kier alpha value is -2.40. The average Bonchev–Trinajstić information content (AvgIpc) is 2.52. The fraction of sp³-hybridized carbons (Fsp3) is 0. The summed E-state index contributed by atoms with van der Waals surface area (Å²) in [5.41, 5.74) is 8.84. The van der Waals surface area contributed by atoms with Crippen LogP contribution in [0, 0.1) is 0 Å². The molecule has 0 unspecified atom stereocenters. The van der Waals surface area contributed by atoms with Gasteiger partial charge in [0.2, 0.25) is 5.95 Å². The van der Waals surface area contributed by atoms with E-state index in [1.165, 1.54) is 0 Å². The lowest BCUT2D eigenvalue weighted by Crippen LogP contribution is -2.01. The Bertz CT molecular complexity index is 759. The van der Waals surface area contributed by atoms with Crippen molar-refractivity contribution in [1.29, 1.82) is 0 Å². The van der Waals surface area contributed by atoms with Crippen LogP contribution in [0.15, 0.2) is 65.3 Å². The van der Waals surface area contributed by atoms with Gasteiger partial charge in [-0.15, -0.1) is 0 Å². The van der Waals surface area contributed by atoms with E-state index in [1.54, 1.807) is 6.20 Å². The van der Waals surface area contributed by atoms with Gasteiger partial charge >= 0.3 is 0 Å². The summed E-state index contributed by atoms with van der Waals surface area (Å²) in [5.74, 6) is 0.878. The number of nitrogen functional groups attached to an aromatic ring is 1. The van der Waals surface area contributed by atoms with Crippen molar-refractivity contribution >= 4 is 33.4 Å². The number of aromatic nitrogens is 2. The molecule has 3 rings (SSSR count). The molecule has 1 heterocycles. The Morgan fingerprint density at radius 3 is 2.48 bits per heavy atom. The van der Waals surface area contributed by atoms with Crippen molar-refractivity contribution in [3.63, 3.8) is 0 Å². The van der Waals surface area contributed by atoms with Crippen molar-refractivity contribution in [2.24, 2.45) is 0 Å². The van der Waals surface area contributed by atoms with E-state index in [0.717, 1.165) is 21.3 Å². The monoisotopic (exact) mass is 340 g/mol. The summed E-state index contributed by atoms with van der Waals surface area (Å²) in [6, 6.07) is 18.2. The van der Waals surface area contributed by atoms with Gasteiger partial charge < -0.3 is 11.1 Å². The van der Waals surface area contributed by atoms with Gasteiger partial charge in [0.1, 0.15) is 5.82 Å². The Labute approximate surface area is 131 Å². The highest BCUT2D eigenvalue weighted by Gasteiger charge is 2.08. The van der Waals surface area contributed by atoms with Crippen LogP contribution in [0.25, 0.3) is 11.1 Å². The molecule has 0 spiro atoms. The number of para-hydroxylation sites is 1. The van der Waals surface area contributed by atoms with E-state index in [0.29, 0.717) is 5.82 Å². The zero-order valence-electron chi connectivity index (χ0n) is 11.1. The fourth-order valence-electron chi connectivity index (χ4n) is 2.06. The molecule has 104 valence electrons. The first-order valence-corrected chi connectivity index (χ1v) is 7.23. The summed E-state index contributed by atoms with van der Waals surface area (Å²) in [5, 5.41) is 3.30. The molecule has 2 aromatic carbocycles. The Kier molecular flexibility index (Phi) is 3.83. The van der Waals surface area contributed by atoms with Crippen LogP contribution in [0.5, 0.6) is 0 Å². The number of hydrogen-bond donors (Lipinski definition) is 2. The minimum atomic E-state index is 0.234. The molecule has 3 N–H and O–H groups in total. The number of nitrogens with one attached hydrogen (secondary N) is 1. The summed E-state index contributed by atoms with van der Waals surface area (Å²) in [6.45, 7) is 0. The number of rotatable bonds is 3. The standard InChI is InChI=1S/C16H13BrN4/c17-13-10-19-16(18)21-15(13)20-14-9-5-4-8-12(14)11-6-2-1-3-7-11/h1-10H,(H3,18,19,20,21). The van der Waals surface area contributed by atoms with Gasteiger partial charge in [-0.25, -0.2) is 4.98 Å². The predicted octanol–water partition coefficient (Wildman–Crippen LogP) is 4.23. The summed E-state index contributed by atoms with van der Waals surface area (Å²) in [7, 11) is 0. The Balaban J connectivity index is 2.02. The molecule has 0 fully saturated rings. The molecule has 0 aliphatic rings. The quantitative estimate of drug-likeness (QED) is 0.748. The van der Waals surface area contributed by atoms with Crippen molar-refractivity contribution in [2.45, 2.75) is 0 Å². The van der Waals surface area contributed by atoms with E-state index in [9.17, 15) is 0 Å². The molecule has 0 bridgehead atoms. The SMILES string of the molecule is Nc1ncc(Br)c(Nc2ccccc2-c2ccccc2)n1. The molecule has 0 radical (unpaired) electrons. The minimum absolute atomic E-state index is 0.234. The second kappa shape index (κ2) is 5.93. The lowest BCUT2D eigenvalue weighted by molar-refractivity contribution is 1.17. The highest BCUT2D eigenvalue weighted by atomic mass is 79.9. The molecule has 0 aliphatic heterocycles. The van der Waals surface area contributed by atoms with Crippen molar-refractivity contribution in [1.82, 2.24) is 9.97 Å². The normalized spacial score (nSPS) is 10.3. The summed E-state index contributed by atoms with van der Waals surface area (Å²) >= 11 is 3.43. The van der Waals surface area contributed by atoms with Crippen molar-refractivity contribution < 1.29 is 0 Å². The lowest BCUT2D eigenvalue weighted by Gasteiger charge is -2.12. The zero-order valence-corrected chi connectivity index (χ0v) is 12.7. The maximum Gasteiger partial charge on any atom is 0.222 e. The fourth-order valence-corrected chi connectivity index (χ4v) is 2.35. The van der Waals surface area contributed by atoms with Crippen LogP contribution in [0.1, 0.15) is 0 Å². The van der Waals surface area contributed by atoms with Gasteiger partial charge in [0, 0.05) is 17.4 Å². The topological polar surface area (TPSA) is 63.8 Å². The first-order valence-electron chi connectivity index (χ1n) is 6.43. The molecule has 0 saturated carbocycles. The largest absolute Gasteiger partial charge is 0.368 e. The zero-order chi connectivity index (χ0) is 14.7. The highest BCUT2D eigenvalue weighted by Crippen LogP contribution is 2.31. The Morgan fingerprint density at radius 1 is 0.952 bits per heavy atom. The van der Waals surface area contributed by atoms with Gasteiger partial charge in [-0.3, -0.25) is 0 Å². The molecular weight excluding hydrogens is 328 g/mol. The number of nitrogens with zero attached hydrogens (tertiary/aromatic N) is 2. The maximum absolute atomic E-state index is 5.65. The first-order chi connectivity index (χ1) is 10.2. The molecule has 0 aliphatic carbocycles. The van der Waals surface area contributed by atoms with Crippen LogP contribution < -0.4 is 11.1 Å². The van der Waals surface area contributed by atoms with Gasteiger partial charge in [-0.05, 0) is 27.6 Å². The van der Waals surface area contributed by atoms with E-state index < -0.39 is 0 Å². The van der Waals surface area contributed by atoms with E-state index in [1.807, 2.05) is 36.4 Å². The smallest absolute Gasteiger partial charge is 0.222 e. The number of benzene rings is 2. The first kappa shape index (κ1) is 13.6. The highest BCUT2D eigenvalue weighted by molar-refractivity contribution is 9.10. The van der Waals surface area contributed by atoms with Gasteiger partial charge in [0.25, 0.3) is 0 Å². The van der Waals surface area contributed by atoms with Crippen LogP contribution >= 0.6 is 15.9 Å². The van der Waals surface area contributed by atoms with Crippen molar-refractivity contribution in [3.05, 3.63) is 65.3 Å². The molecule has 0 atom stereocenters. The third-order valence-corrected chi connectivity index (χ3v) is 3.61. The molecule has 21 heavy (non-hydrogen) atoms. The van der Waals surface area contributed by atoms with E-state index in [2.05, 4.69) is 49.4 Å².